The molecule has 1 unspecified atom stereocenters. The molecule has 0 bridgehead atoms. The Hall–Kier alpha value is -1.10. The monoisotopic (exact) mass is 294 g/mol. The van der Waals surface area contributed by atoms with Crippen molar-refractivity contribution in [2.45, 2.75) is 63.5 Å². The number of piperazine rings is 1. The number of amides is 2. The van der Waals surface area contributed by atoms with Gasteiger partial charge in [0, 0.05) is 20.3 Å². The molecule has 5 heteroatoms. The SMILES string of the molecule is COCCC1(CN2C(=O)C3(CCCC3)NC(=O)C2C)CC1. The van der Waals surface area contributed by atoms with E-state index in [1.165, 1.54) is 0 Å². The third-order valence-corrected chi connectivity index (χ3v) is 5.64. The summed E-state index contributed by atoms with van der Waals surface area (Å²) >= 11 is 0. The summed E-state index contributed by atoms with van der Waals surface area (Å²) in [5.41, 5.74) is -0.404. The van der Waals surface area contributed by atoms with Gasteiger partial charge in [-0.2, -0.15) is 0 Å². The van der Waals surface area contributed by atoms with Crippen molar-refractivity contribution in [3.8, 4) is 0 Å². The first-order valence-corrected chi connectivity index (χ1v) is 8.14. The van der Waals surface area contributed by atoms with E-state index < -0.39 is 5.54 Å². The highest BCUT2D eigenvalue weighted by atomic mass is 16.5. The molecule has 2 amide bonds. The van der Waals surface area contributed by atoms with Gasteiger partial charge in [-0.25, -0.2) is 0 Å². The summed E-state index contributed by atoms with van der Waals surface area (Å²) in [6.45, 7) is 3.29. The van der Waals surface area contributed by atoms with E-state index in [9.17, 15) is 9.59 Å². The molecule has 2 aliphatic carbocycles. The maximum absolute atomic E-state index is 13.0. The highest BCUT2D eigenvalue weighted by molar-refractivity contribution is 5.99. The Morgan fingerprint density at radius 1 is 1.24 bits per heavy atom. The van der Waals surface area contributed by atoms with Crippen LogP contribution in [0.4, 0.5) is 0 Å². The largest absolute Gasteiger partial charge is 0.385 e. The minimum Gasteiger partial charge on any atom is -0.385 e. The molecule has 1 aliphatic heterocycles. The lowest BCUT2D eigenvalue weighted by Crippen LogP contribution is -2.69. The van der Waals surface area contributed by atoms with Crippen molar-refractivity contribution in [3.63, 3.8) is 0 Å². The van der Waals surface area contributed by atoms with Crippen LogP contribution in [0.3, 0.4) is 0 Å². The Morgan fingerprint density at radius 3 is 2.48 bits per heavy atom. The molecule has 0 radical (unpaired) electrons. The number of rotatable bonds is 5. The Bertz CT molecular complexity index is 439. The number of hydrogen-bond donors (Lipinski definition) is 1. The maximum Gasteiger partial charge on any atom is 0.249 e. The molecule has 1 spiro atoms. The molecule has 3 rings (SSSR count). The second-order valence-electron chi connectivity index (χ2n) is 7.13. The highest BCUT2D eigenvalue weighted by Gasteiger charge is 2.54. The lowest BCUT2D eigenvalue weighted by atomic mass is 9.89. The van der Waals surface area contributed by atoms with E-state index in [-0.39, 0.29) is 23.3 Å². The predicted molar refractivity (Wildman–Crippen MR) is 78.7 cm³/mol. The molecule has 5 nitrogen and oxygen atoms in total. The van der Waals surface area contributed by atoms with Crippen LogP contribution >= 0.6 is 0 Å². The molecular weight excluding hydrogens is 268 g/mol. The standard InChI is InChI=1S/C16H26N2O3/c1-12-13(19)17-16(5-3-4-6-16)14(20)18(12)11-15(7-8-15)9-10-21-2/h12H,3-11H2,1-2H3,(H,17,19). The number of methoxy groups -OCH3 is 1. The summed E-state index contributed by atoms with van der Waals surface area (Å²) in [6, 6.07) is -0.344. The zero-order valence-electron chi connectivity index (χ0n) is 13.1. The molecule has 0 aromatic heterocycles. The van der Waals surface area contributed by atoms with Gasteiger partial charge in [0.15, 0.2) is 0 Å². The Labute approximate surface area is 126 Å². The van der Waals surface area contributed by atoms with Gasteiger partial charge in [0.05, 0.1) is 0 Å². The Morgan fingerprint density at radius 2 is 1.90 bits per heavy atom. The van der Waals surface area contributed by atoms with E-state index in [1.807, 2.05) is 11.8 Å². The van der Waals surface area contributed by atoms with E-state index in [0.29, 0.717) is 6.54 Å². The fourth-order valence-electron chi connectivity index (χ4n) is 3.86. The van der Waals surface area contributed by atoms with Crippen molar-refractivity contribution in [2.75, 3.05) is 20.3 Å². The van der Waals surface area contributed by atoms with Crippen LogP contribution in [0.25, 0.3) is 0 Å². The quantitative estimate of drug-likeness (QED) is 0.835. The van der Waals surface area contributed by atoms with Crippen molar-refractivity contribution in [2.24, 2.45) is 5.41 Å². The third-order valence-electron chi connectivity index (χ3n) is 5.64. The van der Waals surface area contributed by atoms with Gasteiger partial charge in [-0.1, -0.05) is 12.8 Å². The molecular formula is C16H26N2O3. The zero-order valence-corrected chi connectivity index (χ0v) is 13.1. The Kier molecular flexibility index (Phi) is 3.72. The van der Waals surface area contributed by atoms with Crippen LogP contribution in [0, 0.1) is 5.41 Å². The van der Waals surface area contributed by atoms with Crippen molar-refractivity contribution in [1.29, 1.82) is 0 Å². The number of nitrogens with zero attached hydrogens (tertiary/aromatic N) is 1. The lowest BCUT2D eigenvalue weighted by molar-refractivity contribution is -0.155. The summed E-state index contributed by atoms with van der Waals surface area (Å²) in [7, 11) is 1.71. The highest BCUT2D eigenvalue weighted by Crippen LogP contribution is 2.50. The van der Waals surface area contributed by atoms with Crippen molar-refractivity contribution in [1.82, 2.24) is 10.2 Å². The van der Waals surface area contributed by atoms with E-state index in [4.69, 9.17) is 4.74 Å². The van der Waals surface area contributed by atoms with E-state index >= 15 is 0 Å². The minimum atomic E-state index is -0.596. The second kappa shape index (κ2) is 5.27. The van der Waals surface area contributed by atoms with Crippen LogP contribution < -0.4 is 5.32 Å². The summed E-state index contributed by atoms with van der Waals surface area (Å²) in [5, 5.41) is 3.02. The smallest absolute Gasteiger partial charge is 0.249 e. The topological polar surface area (TPSA) is 58.6 Å². The number of ether oxygens (including phenoxy) is 1. The van der Waals surface area contributed by atoms with Gasteiger partial charge >= 0.3 is 0 Å². The first kappa shape index (κ1) is 14.8. The fraction of sp³-hybridized carbons (Fsp3) is 0.875. The lowest BCUT2D eigenvalue weighted by Gasteiger charge is -2.44. The molecule has 1 saturated heterocycles. The minimum absolute atomic E-state index is 0.0130. The van der Waals surface area contributed by atoms with E-state index in [1.54, 1.807) is 7.11 Å². The molecule has 1 heterocycles. The molecule has 3 aliphatic rings. The number of carbonyl (C=O) groups excluding carboxylic acids is 2. The molecule has 0 aromatic rings. The van der Waals surface area contributed by atoms with Crippen LogP contribution in [0.2, 0.25) is 0 Å². The number of hydrogen-bond acceptors (Lipinski definition) is 3. The Balaban J connectivity index is 1.76. The maximum atomic E-state index is 13.0. The molecule has 3 fully saturated rings. The molecule has 1 N–H and O–H groups in total. The van der Waals surface area contributed by atoms with Crippen LogP contribution in [0.1, 0.15) is 51.9 Å². The number of nitrogens with one attached hydrogen (secondary N) is 1. The first-order valence-electron chi connectivity index (χ1n) is 8.14. The summed E-state index contributed by atoms with van der Waals surface area (Å²) in [6.07, 6.45) is 6.92. The first-order chi connectivity index (χ1) is 10.0. The zero-order chi connectivity index (χ0) is 15.1. The normalized spacial score (nSPS) is 29.8. The van der Waals surface area contributed by atoms with Gasteiger partial charge in [-0.3, -0.25) is 9.59 Å². The summed E-state index contributed by atoms with van der Waals surface area (Å²) in [5.74, 6) is 0.162. The molecule has 0 aromatic carbocycles. The van der Waals surface area contributed by atoms with E-state index in [2.05, 4.69) is 5.32 Å². The van der Waals surface area contributed by atoms with Crippen LogP contribution in [-0.4, -0.2) is 48.6 Å². The average molecular weight is 294 g/mol. The molecule has 2 saturated carbocycles. The average Bonchev–Trinajstić information content (AvgIpc) is 3.08. The van der Waals surface area contributed by atoms with E-state index in [0.717, 1.165) is 51.6 Å². The fourth-order valence-corrected chi connectivity index (χ4v) is 3.86. The molecule has 118 valence electrons. The van der Waals surface area contributed by atoms with Gasteiger partial charge in [-0.05, 0) is 44.4 Å². The van der Waals surface area contributed by atoms with Crippen LogP contribution in [-0.2, 0) is 14.3 Å². The van der Waals surface area contributed by atoms with Gasteiger partial charge in [0.2, 0.25) is 11.8 Å². The third kappa shape index (κ3) is 2.56. The second-order valence-corrected chi connectivity index (χ2v) is 7.13. The van der Waals surface area contributed by atoms with Crippen LogP contribution in [0.15, 0.2) is 0 Å². The molecule has 21 heavy (non-hydrogen) atoms. The van der Waals surface area contributed by atoms with Gasteiger partial charge in [-0.15, -0.1) is 0 Å². The predicted octanol–water partition coefficient (Wildman–Crippen LogP) is 1.46. The van der Waals surface area contributed by atoms with Gasteiger partial charge < -0.3 is 15.0 Å². The van der Waals surface area contributed by atoms with Gasteiger partial charge in [0.25, 0.3) is 0 Å². The van der Waals surface area contributed by atoms with Crippen molar-refractivity contribution in [3.05, 3.63) is 0 Å². The summed E-state index contributed by atoms with van der Waals surface area (Å²) in [4.78, 5) is 27.1. The van der Waals surface area contributed by atoms with Gasteiger partial charge in [0.1, 0.15) is 11.6 Å². The molecule has 1 atom stereocenters. The summed E-state index contributed by atoms with van der Waals surface area (Å²) < 4.78 is 5.19. The van der Waals surface area contributed by atoms with Crippen molar-refractivity contribution < 1.29 is 14.3 Å². The van der Waals surface area contributed by atoms with Crippen molar-refractivity contribution >= 4 is 11.8 Å². The van der Waals surface area contributed by atoms with Crippen LogP contribution in [0.5, 0.6) is 0 Å². The number of carbonyl (C=O) groups is 2.